The molecule has 3 aliphatic rings. The molecule has 0 spiro atoms. The van der Waals surface area contributed by atoms with Crippen molar-refractivity contribution in [2.75, 3.05) is 9.80 Å². The highest BCUT2D eigenvalue weighted by atomic mass is 32.1. The fourth-order valence-electron chi connectivity index (χ4n) is 9.94. The Morgan fingerprint density at radius 3 is 1.48 bits per heavy atom. The third-order valence-electron chi connectivity index (χ3n) is 14.1. The second kappa shape index (κ2) is 13.1. The maximum Gasteiger partial charge on any atom is 0.264 e. The predicted molar refractivity (Wildman–Crippen MR) is 266 cm³/mol. The van der Waals surface area contributed by atoms with Gasteiger partial charge < -0.3 is 9.80 Å². The summed E-state index contributed by atoms with van der Waals surface area (Å²) in [4.78, 5) is 5.04. The van der Waals surface area contributed by atoms with Gasteiger partial charge in [-0.15, -0.1) is 11.3 Å². The Hall–Kier alpha value is -4.28. The van der Waals surface area contributed by atoms with Crippen molar-refractivity contribution < 1.29 is 2.74 Å². The first-order valence-corrected chi connectivity index (χ1v) is 23.2. The van der Waals surface area contributed by atoms with Crippen molar-refractivity contribution >= 4 is 78.0 Å². The van der Waals surface area contributed by atoms with Gasteiger partial charge in [-0.3, -0.25) is 0 Å². The van der Waals surface area contributed by atoms with E-state index in [-0.39, 0.29) is 39.2 Å². The van der Waals surface area contributed by atoms with Gasteiger partial charge in [0.1, 0.15) is 0 Å². The number of nitrogens with zero attached hydrogens (tertiary/aromatic N) is 2. The fraction of sp³-hybridized carbons (Fsp3) is 0.429. The van der Waals surface area contributed by atoms with E-state index >= 15 is 0 Å². The van der Waals surface area contributed by atoms with Crippen molar-refractivity contribution in [2.45, 2.75) is 156 Å². The van der Waals surface area contributed by atoms with Crippen LogP contribution in [-0.2, 0) is 32.5 Å². The molecule has 0 amide bonds. The lowest BCUT2D eigenvalue weighted by atomic mass is 9.36. The number of hydrogen-bond acceptors (Lipinski definition) is 3. The Morgan fingerprint density at radius 2 is 0.983 bits per heavy atom. The number of thiophene rings is 1. The van der Waals surface area contributed by atoms with Crippen LogP contribution >= 0.6 is 11.3 Å². The van der Waals surface area contributed by atoms with E-state index in [0.29, 0.717) is 12.1 Å². The molecule has 0 fully saturated rings. The molecule has 6 aromatic rings. The van der Waals surface area contributed by atoms with Crippen molar-refractivity contribution in [3.8, 4) is 0 Å². The van der Waals surface area contributed by atoms with Gasteiger partial charge in [-0.2, -0.15) is 0 Å². The van der Waals surface area contributed by atoms with E-state index in [1.807, 2.05) is 0 Å². The zero-order valence-electron chi connectivity index (χ0n) is 41.3. The highest BCUT2D eigenvalue weighted by Gasteiger charge is 2.47. The molecule has 2 aliphatic heterocycles. The molecule has 60 heavy (non-hydrogen) atoms. The van der Waals surface area contributed by atoms with Crippen LogP contribution in [-0.4, -0.2) is 6.71 Å². The average Bonchev–Trinajstić information content (AvgIpc) is 3.57. The Morgan fingerprint density at radius 1 is 0.533 bits per heavy atom. The number of anilines is 6. The molecule has 0 N–H and O–H groups in total. The molecule has 2 nitrogen and oxygen atoms in total. The standard InChI is InChI=1S/C56H67BN2S/c1-51(2,3)34-17-22-38(23-18-34)58-44-26-21-36(53(7,8)9)29-43(44)57-48-45(58)30-37(54(10,11)12)31-46(48)59(39-24-19-35(20-25-39)52(4,5)6)49-40-32-41-42(33-47(40)60-50(49)57)56(15,16)28-27-55(41,13)14/h17-26,29-33H,27-28H2,1-16H3/i32D,33D. The third-order valence-corrected chi connectivity index (χ3v) is 15.2. The number of fused-ring (bicyclic) bond motifs is 7. The SMILES string of the molecule is [2H]c1c2c(c([2H])c3c4c(sc13)B1c3cc(C(C)(C)C)ccc3N(c3ccc(C(C)(C)C)cc3)c3cc(C(C)(C)C)cc(c31)N4c1ccc(C(C)(C)C)cc1)C(C)(C)CCC2(C)C. The van der Waals surface area contributed by atoms with Crippen molar-refractivity contribution in [2.24, 2.45) is 0 Å². The molecule has 0 saturated heterocycles. The quantitative estimate of drug-likeness (QED) is 0.160. The van der Waals surface area contributed by atoms with E-state index in [1.54, 1.807) is 11.3 Å². The molecule has 310 valence electrons. The Labute approximate surface area is 369 Å². The van der Waals surface area contributed by atoms with Gasteiger partial charge in [0.05, 0.1) is 8.43 Å². The summed E-state index contributed by atoms with van der Waals surface area (Å²) in [6.45, 7) is 36.7. The molecule has 0 atom stereocenters. The summed E-state index contributed by atoms with van der Waals surface area (Å²) in [5, 5.41) is 0.932. The first-order valence-electron chi connectivity index (χ1n) is 23.4. The van der Waals surface area contributed by atoms with E-state index in [4.69, 9.17) is 0 Å². The predicted octanol–water partition coefficient (Wildman–Crippen LogP) is 14.5. The largest absolute Gasteiger partial charge is 0.311 e. The molecule has 9 rings (SSSR count). The van der Waals surface area contributed by atoms with Crippen molar-refractivity contribution in [1.29, 1.82) is 0 Å². The summed E-state index contributed by atoms with van der Waals surface area (Å²) in [6.07, 6.45) is 2.00. The van der Waals surface area contributed by atoms with Crippen LogP contribution in [0.15, 0.2) is 90.9 Å². The van der Waals surface area contributed by atoms with Crippen LogP contribution in [0.25, 0.3) is 10.1 Å². The zero-order chi connectivity index (χ0) is 45.0. The normalized spacial score (nSPS) is 17.5. The fourth-order valence-corrected chi connectivity index (χ4v) is 11.2. The van der Waals surface area contributed by atoms with E-state index in [2.05, 4.69) is 199 Å². The van der Waals surface area contributed by atoms with E-state index in [0.717, 1.165) is 51.1 Å². The summed E-state index contributed by atoms with van der Waals surface area (Å²) in [5.74, 6) is 0. The van der Waals surface area contributed by atoms with Crippen molar-refractivity contribution in [1.82, 2.24) is 0 Å². The lowest BCUT2D eigenvalue weighted by Gasteiger charge is -2.45. The molecule has 0 saturated carbocycles. The maximum absolute atomic E-state index is 10.4. The minimum Gasteiger partial charge on any atom is -0.311 e. The van der Waals surface area contributed by atoms with Crippen LogP contribution in [0.2, 0.25) is 0 Å². The van der Waals surface area contributed by atoms with Crippen LogP contribution in [0.5, 0.6) is 0 Å². The van der Waals surface area contributed by atoms with Gasteiger partial charge >= 0.3 is 0 Å². The van der Waals surface area contributed by atoms with Gasteiger partial charge in [0.2, 0.25) is 0 Å². The molecule has 1 aromatic heterocycles. The van der Waals surface area contributed by atoms with Crippen LogP contribution in [0.3, 0.4) is 0 Å². The maximum atomic E-state index is 10.4. The zero-order valence-corrected chi connectivity index (χ0v) is 40.1. The lowest BCUT2D eigenvalue weighted by Crippen LogP contribution is -2.60. The van der Waals surface area contributed by atoms with Gasteiger partial charge in [0.25, 0.3) is 6.71 Å². The van der Waals surface area contributed by atoms with Crippen molar-refractivity contribution in [3.05, 3.63) is 124 Å². The van der Waals surface area contributed by atoms with E-state index < -0.39 is 0 Å². The monoisotopic (exact) mass is 813 g/mol. The van der Waals surface area contributed by atoms with Crippen LogP contribution in [0.4, 0.5) is 34.1 Å². The lowest BCUT2D eigenvalue weighted by molar-refractivity contribution is 0.332. The minimum absolute atomic E-state index is 0.000503. The summed E-state index contributed by atoms with van der Waals surface area (Å²) < 4.78 is 22.8. The molecule has 4 heteroatoms. The highest BCUT2D eigenvalue weighted by molar-refractivity contribution is 7.33. The Kier molecular flexibility index (Phi) is 8.45. The Balaban J connectivity index is 1.47. The first kappa shape index (κ1) is 38.6. The number of benzene rings is 5. The van der Waals surface area contributed by atoms with Gasteiger partial charge in [-0.1, -0.05) is 147 Å². The molecule has 0 bridgehead atoms. The molecule has 0 unspecified atom stereocenters. The highest BCUT2D eigenvalue weighted by Crippen LogP contribution is 2.53. The summed E-state index contributed by atoms with van der Waals surface area (Å²) in [7, 11) is 0. The summed E-state index contributed by atoms with van der Waals surface area (Å²) in [5.41, 5.74) is 16.2. The second-order valence-corrected chi connectivity index (χ2v) is 24.7. The summed E-state index contributed by atoms with van der Waals surface area (Å²) >= 11 is 1.78. The molecule has 5 aromatic carbocycles. The van der Waals surface area contributed by atoms with Gasteiger partial charge in [-0.25, -0.2) is 0 Å². The third kappa shape index (κ3) is 6.49. The minimum atomic E-state index is -0.221. The second-order valence-electron chi connectivity index (χ2n) is 23.7. The average molecular weight is 813 g/mol. The topological polar surface area (TPSA) is 6.48 Å². The van der Waals surface area contributed by atoms with Gasteiger partial charge in [0.15, 0.2) is 0 Å². The first-order chi connectivity index (χ1) is 28.6. The van der Waals surface area contributed by atoms with Gasteiger partial charge in [-0.05, 0) is 144 Å². The number of hydrogen-bond donors (Lipinski definition) is 0. The van der Waals surface area contributed by atoms with E-state index in [1.165, 1.54) is 55.0 Å². The molecule has 0 radical (unpaired) electrons. The van der Waals surface area contributed by atoms with Crippen LogP contribution < -0.4 is 25.5 Å². The number of rotatable bonds is 2. The molecular weight excluding hydrogens is 744 g/mol. The van der Waals surface area contributed by atoms with Crippen molar-refractivity contribution in [3.63, 3.8) is 0 Å². The van der Waals surface area contributed by atoms with E-state index in [9.17, 15) is 2.74 Å². The molecule has 1 aliphatic carbocycles. The smallest absolute Gasteiger partial charge is 0.264 e. The molecule has 3 heterocycles. The molecular formula is C56H67BN2S. The van der Waals surface area contributed by atoms with Crippen LogP contribution in [0, 0.1) is 0 Å². The van der Waals surface area contributed by atoms with Gasteiger partial charge in [0, 0.05) is 43.3 Å². The summed E-state index contributed by atoms with van der Waals surface area (Å²) in [6, 6.07) is 31.8. The van der Waals surface area contributed by atoms with Crippen LogP contribution in [0.1, 0.15) is 160 Å². The Bertz CT molecular complexity index is 2800.